The maximum Gasteiger partial charge on any atom is 0.471 e. The Morgan fingerprint density at radius 3 is 2.44 bits per heavy atom. The first-order valence-corrected chi connectivity index (χ1v) is 8.41. The summed E-state index contributed by atoms with van der Waals surface area (Å²) in [6.45, 7) is 1.10. The minimum Gasteiger partial charge on any atom is -0.467 e. The van der Waals surface area contributed by atoms with E-state index >= 15 is 0 Å². The molecule has 0 saturated carbocycles. The molecule has 9 heteroatoms. The average molecular weight is 386 g/mol. The van der Waals surface area contributed by atoms with Gasteiger partial charge in [0.2, 0.25) is 5.91 Å². The van der Waals surface area contributed by atoms with E-state index in [0.29, 0.717) is 4.90 Å². The molecule has 1 fully saturated rings. The minimum absolute atomic E-state index is 0.0693. The number of hydrogen-bond donors (Lipinski definition) is 1. The molecule has 0 aliphatic carbocycles. The van der Waals surface area contributed by atoms with E-state index in [2.05, 4.69) is 5.32 Å². The molecular formula is C18H21F3N2O4. The van der Waals surface area contributed by atoms with Crippen molar-refractivity contribution in [2.24, 2.45) is 0 Å². The van der Waals surface area contributed by atoms with Crippen LogP contribution in [0.3, 0.4) is 0 Å². The Morgan fingerprint density at radius 2 is 1.89 bits per heavy atom. The quantitative estimate of drug-likeness (QED) is 0.784. The van der Waals surface area contributed by atoms with Crippen molar-refractivity contribution in [3.63, 3.8) is 0 Å². The lowest BCUT2D eigenvalue weighted by molar-refractivity contribution is -0.190. The molecule has 1 heterocycles. The summed E-state index contributed by atoms with van der Waals surface area (Å²) in [5, 5.41) is 2.46. The van der Waals surface area contributed by atoms with Crippen molar-refractivity contribution in [3.05, 3.63) is 35.9 Å². The van der Waals surface area contributed by atoms with Crippen LogP contribution in [-0.2, 0) is 25.5 Å². The molecule has 2 atom stereocenters. The van der Waals surface area contributed by atoms with Crippen LogP contribution in [0.2, 0.25) is 0 Å². The number of amides is 2. The summed E-state index contributed by atoms with van der Waals surface area (Å²) < 4.78 is 43.2. The van der Waals surface area contributed by atoms with Crippen LogP contribution in [0.15, 0.2) is 30.3 Å². The summed E-state index contributed by atoms with van der Waals surface area (Å²) in [5.41, 5.74) is -0.941. The van der Waals surface area contributed by atoms with Gasteiger partial charge in [-0.05, 0) is 25.3 Å². The van der Waals surface area contributed by atoms with E-state index in [1.807, 2.05) is 0 Å². The molecule has 2 rings (SSSR count). The van der Waals surface area contributed by atoms with Crippen molar-refractivity contribution in [3.8, 4) is 0 Å². The molecule has 1 aromatic carbocycles. The molecule has 1 aromatic rings. The van der Waals surface area contributed by atoms with Gasteiger partial charge in [0.25, 0.3) is 0 Å². The number of ether oxygens (including phenoxy) is 1. The number of esters is 1. The number of benzene rings is 1. The van der Waals surface area contributed by atoms with Gasteiger partial charge in [0, 0.05) is 13.0 Å². The van der Waals surface area contributed by atoms with E-state index in [1.54, 1.807) is 30.3 Å². The molecule has 0 aromatic heterocycles. The van der Waals surface area contributed by atoms with Gasteiger partial charge in [0.05, 0.1) is 7.11 Å². The van der Waals surface area contributed by atoms with Crippen LogP contribution in [0.4, 0.5) is 13.2 Å². The SMILES string of the molecule is COC(=O)[C@H](Cc1ccccc1)NC(=O)C1(C)CCCN1C(=O)C(F)(F)F. The number of carbonyl (C=O) groups is 3. The first-order chi connectivity index (χ1) is 12.6. The van der Waals surface area contributed by atoms with Gasteiger partial charge in [0.1, 0.15) is 11.6 Å². The highest BCUT2D eigenvalue weighted by Gasteiger charge is 2.53. The average Bonchev–Trinajstić information content (AvgIpc) is 3.02. The molecular weight excluding hydrogens is 365 g/mol. The third-order valence-corrected chi connectivity index (χ3v) is 4.69. The zero-order chi connectivity index (χ0) is 20.2. The van der Waals surface area contributed by atoms with Gasteiger partial charge in [-0.3, -0.25) is 9.59 Å². The fraction of sp³-hybridized carbons (Fsp3) is 0.500. The zero-order valence-corrected chi connectivity index (χ0v) is 15.0. The van der Waals surface area contributed by atoms with Crippen LogP contribution in [0.1, 0.15) is 25.3 Å². The minimum atomic E-state index is -5.07. The monoisotopic (exact) mass is 386 g/mol. The van der Waals surface area contributed by atoms with E-state index in [-0.39, 0.29) is 25.8 Å². The fourth-order valence-corrected chi connectivity index (χ4v) is 3.18. The maximum absolute atomic E-state index is 12.8. The van der Waals surface area contributed by atoms with Crippen LogP contribution in [0.5, 0.6) is 0 Å². The first-order valence-electron chi connectivity index (χ1n) is 8.41. The zero-order valence-electron chi connectivity index (χ0n) is 15.0. The van der Waals surface area contributed by atoms with E-state index < -0.39 is 35.5 Å². The fourth-order valence-electron chi connectivity index (χ4n) is 3.18. The number of carbonyl (C=O) groups excluding carboxylic acids is 3. The number of alkyl halides is 3. The van der Waals surface area contributed by atoms with Gasteiger partial charge in [-0.25, -0.2) is 4.79 Å². The summed E-state index contributed by atoms with van der Waals surface area (Å²) >= 11 is 0. The number of nitrogens with one attached hydrogen (secondary N) is 1. The molecule has 1 aliphatic heterocycles. The Labute approximate surface area is 154 Å². The molecule has 0 spiro atoms. The van der Waals surface area contributed by atoms with Gasteiger partial charge in [0.15, 0.2) is 0 Å². The number of halogens is 3. The van der Waals surface area contributed by atoms with Crippen molar-refractivity contribution in [2.45, 2.75) is 43.9 Å². The van der Waals surface area contributed by atoms with E-state index in [1.165, 1.54) is 6.92 Å². The lowest BCUT2D eigenvalue weighted by Gasteiger charge is -2.35. The van der Waals surface area contributed by atoms with E-state index in [0.717, 1.165) is 12.7 Å². The van der Waals surface area contributed by atoms with Gasteiger partial charge in [-0.1, -0.05) is 30.3 Å². The predicted molar refractivity (Wildman–Crippen MR) is 89.5 cm³/mol. The summed E-state index contributed by atoms with van der Waals surface area (Å²) in [6, 6.07) is 7.72. The summed E-state index contributed by atoms with van der Waals surface area (Å²) in [4.78, 5) is 37.0. The summed E-state index contributed by atoms with van der Waals surface area (Å²) in [5.74, 6) is -3.60. The molecule has 1 saturated heterocycles. The molecule has 6 nitrogen and oxygen atoms in total. The highest BCUT2D eigenvalue weighted by molar-refractivity contribution is 5.95. The molecule has 1 unspecified atom stereocenters. The molecule has 0 radical (unpaired) electrons. The Hall–Kier alpha value is -2.58. The highest BCUT2D eigenvalue weighted by atomic mass is 19.4. The van der Waals surface area contributed by atoms with Crippen molar-refractivity contribution >= 4 is 17.8 Å². The van der Waals surface area contributed by atoms with Gasteiger partial charge >= 0.3 is 18.1 Å². The topological polar surface area (TPSA) is 75.7 Å². The molecule has 1 aliphatic rings. The lowest BCUT2D eigenvalue weighted by Crippen LogP contribution is -2.60. The number of hydrogen-bond acceptors (Lipinski definition) is 4. The molecule has 0 bridgehead atoms. The van der Waals surface area contributed by atoms with Crippen molar-refractivity contribution in [2.75, 3.05) is 13.7 Å². The van der Waals surface area contributed by atoms with E-state index in [9.17, 15) is 27.6 Å². The third-order valence-electron chi connectivity index (χ3n) is 4.69. The third kappa shape index (κ3) is 4.58. The van der Waals surface area contributed by atoms with Crippen LogP contribution in [-0.4, -0.2) is 54.1 Å². The Kier molecular flexibility index (Phi) is 6.12. The normalized spacial score (nSPS) is 20.9. The second-order valence-electron chi connectivity index (χ2n) is 6.57. The largest absolute Gasteiger partial charge is 0.471 e. The summed E-state index contributed by atoms with van der Waals surface area (Å²) in [6.07, 6.45) is -4.63. The number of likely N-dealkylation sites (tertiary alicyclic amines) is 1. The molecule has 1 N–H and O–H groups in total. The first kappa shape index (κ1) is 20.7. The number of methoxy groups -OCH3 is 1. The lowest BCUT2D eigenvalue weighted by atomic mass is 9.96. The van der Waals surface area contributed by atoms with E-state index in [4.69, 9.17) is 4.74 Å². The number of nitrogens with zero attached hydrogens (tertiary/aromatic N) is 1. The van der Waals surface area contributed by atoms with Crippen LogP contribution in [0, 0.1) is 0 Å². The molecule has 148 valence electrons. The van der Waals surface area contributed by atoms with Crippen molar-refractivity contribution in [1.29, 1.82) is 0 Å². The summed E-state index contributed by atoms with van der Waals surface area (Å²) in [7, 11) is 1.16. The molecule has 27 heavy (non-hydrogen) atoms. The van der Waals surface area contributed by atoms with Gasteiger partial charge < -0.3 is 15.0 Å². The van der Waals surface area contributed by atoms with Crippen molar-refractivity contribution in [1.82, 2.24) is 10.2 Å². The molecule has 2 amide bonds. The highest BCUT2D eigenvalue weighted by Crippen LogP contribution is 2.33. The van der Waals surface area contributed by atoms with Gasteiger partial charge in [-0.15, -0.1) is 0 Å². The Bertz CT molecular complexity index is 708. The second kappa shape index (κ2) is 7.98. The predicted octanol–water partition coefficient (Wildman–Crippen LogP) is 1.83. The van der Waals surface area contributed by atoms with Crippen LogP contribution >= 0.6 is 0 Å². The number of rotatable bonds is 5. The standard InChI is InChI=1S/C18H21F3N2O4/c1-17(9-6-10-23(17)16(26)18(19,20)21)15(25)22-13(14(24)27-2)11-12-7-4-3-5-8-12/h3-5,7-8,13H,6,9-11H2,1-2H3,(H,22,25)/t13-,17?/m0/s1. The van der Waals surface area contributed by atoms with Crippen LogP contribution in [0.25, 0.3) is 0 Å². The smallest absolute Gasteiger partial charge is 0.467 e. The second-order valence-corrected chi connectivity index (χ2v) is 6.57. The maximum atomic E-state index is 12.8. The Morgan fingerprint density at radius 1 is 1.26 bits per heavy atom. The Balaban J connectivity index is 2.20. The van der Waals surface area contributed by atoms with Crippen LogP contribution < -0.4 is 5.32 Å². The van der Waals surface area contributed by atoms with Gasteiger partial charge in [-0.2, -0.15) is 13.2 Å². The van der Waals surface area contributed by atoms with Crippen molar-refractivity contribution < 1.29 is 32.3 Å².